The number of hydrogen-bond acceptors (Lipinski definition) is 5. The van der Waals surface area contributed by atoms with E-state index in [4.69, 9.17) is 4.52 Å². The Hall–Kier alpha value is -2.25. The van der Waals surface area contributed by atoms with Crippen molar-refractivity contribution in [1.29, 1.82) is 0 Å². The second-order valence-corrected chi connectivity index (χ2v) is 8.98. The number of aryl methyl sites for hydroxylation is 3. The average molecular weight is 385 g/mol. The molecule has 1 aliphatic rings. The van der Waals surface area contributed by atoms with E-state index in [1.165, 1.54) is 0 Å². The van der Waals surface area contributed by atoms with Gasteiger partial charge in [-0.25, -0.2) is 13.1 Å². The number of fused-ring (bicyclic) bond motifs is 1. The third-order valence-corrected chi connectivity index (χ3v) is 6.76. The quantitative estimate of drug-likeness (QED) is 0.733. The van der Waals surface area contributed by atoms with Gasteiger partial charge in [-0.15, -0.1) is 0 Å². The van der Waals surface area contributed by atoms with Gasteiger partial charge in [0.05, 0.1) is 16.1 Å². The van der Waals surface area contributed by atoms with Gasteiger partial charge < -0.3 is 4.52 Å². The summed E-state index contributed by atoms with van der Waals surface area (Å²) in [4.78, 5) is 4.83. The van der Waals surface area contributed by atoms with E-state index >= 15 is 0 Å². The third kappa shape index (κ3) is 3.37. The van der Waals surface area contributed by atoms with Crippen LogP contribution in [0.15, 0.2) is 33.7 Å². The Morgan fingerprint density at radius 2 is 1.85 bits per heavy atom. The highest BCUT2D eigenvalue weighted by molar-refractivity contribution is 7.89. The molecule has 0 aliphatic heterocycles. The Kier molecular flexibility index (Phi) is 4.52. The Balaban J connectivity index is 1.93. The van der Waals surface area contributed by atoms with Crippen molar-refractivity contribution in [2.24, 2.45) is 0 Å². The van der Waals surface area contributed by atoms with Crippen LogP contribution >= 0.6 is 0 Å². The number of aromatic nitrogens is 2. The monoisotopic (exact) mass is 385 g/mol. The van der Waals surface area contributed by atoms with Gasteiger partial charge in [-0.3, -0.25) is 4.98 Å². The lowest BCUT2D eigenvalue weighted by molar-refractivity contribution is 0.393. The van der Waals surface area contributed by atoms with E-state index in [1.807, 2.05) is 39.0 Å². The molecule has 1 fully saturated rings. The van der Waals surface area contributed by atoms with Crippen molar-refractivity contribution in [2.75, 3.05) is 0 Å². The second kappa shape index (κ2) is 6.73. The predicted octanol–water partition coefficient (Wildman–Crippen LogP) is 4.04. The number of nitrogens with one attached hydrogen (secondary N) is 1. The molecule has 2 aromatic heterocycles. The van der Waals surface area contributed by atoms with Crippen molar-refractivity contribution in [3.05, 3.63) is 41.4 Å². The molecule has 2 heterocycles. The summed E-state index contributed by atoms with van der Waals surface area (Å²) in [6, 6.07) is 7.29. The van der Waals surface area contributed by atoms with Crippen molar-refractivity contribution in [3.8, 4) is 11.1 Å². The first-order valence-corrected chi connectivity index (χ1v) is 10.7. The molecule has 1 aromatic carbocycles. The minimum absolute atomic E-state index is 0.00572. The van der Waals surface area contributed by atoms with Crippen molar-refractivity contribution >= 4 is 20.9 Å². The molecule has 7 heteroatoms. The molecule has 1 N–H and O–H groups in total. The summed E-state index contributed by atoms with van der Waals surface area (Å²) >= 11 is 0. The minimum Gasteiger partial charge on any atom is -0.361 e. The predicted molar refractivity (Wildman–Crippen MR) is 104 cm³/mol. The van der Waals surface area contributed by atoms with Crippen LogP contribution in [0.1, 0.15) is 42.8 Å². The van der Waals surface area contributed by atoms with E-state index in [0.29, 0.717) is 16.7 Å². The number of benzene rings is 1. The summed E-state index contributed by atoms with van der Waals surface area (Å²) in [7, 11) is -3.66. The Morgan fingerprint density at radius 1 is 1.11 bits per heavy atom. The van der Waals surface area contributed by atoms with Gasteiger partial charge in [0.2, 0.25) is 10.0 Å². The van der Waals surface area contributed by atoms with E-state index in [9.17, 15) is 8.42 Å². The maximum absolute atomic E-state index is 13.2. The van der Waals surface area contributed by atoms with Crippen LogP contribution < -0.4 is 4.72 Å². The first-order chi connectivity index (χ1) is 12.8. The van der Waals surface area contributed by atoms with E-state index in [0.717, 1.165) is 48.2 Å². The zero-order valence-corrected chi connectivity index (χ0v) is 16.6. The molecule has 0 saturated heterocycles. The summed E-state index contributed by atoms with van der Waals surface area (Å²) in [6.07, 6.45) is 3.90. The summed E-state index contributed by atoms with van der Waals surface area (Å²) in [6.45, 7) is 5.58. The van der Waals surface area contributed by atoms with Crippen molar-refractivity contribution in [1.82, 2.24) is 14.9 Å². The smallest absolute Gasteiger partial charge is 0.241 e. The maximum Gasteiger partial charge on any atom is 0.241 e. The van der Waals surface area contributed by atoms with Crippen molar-refractivity contribution in [2.45, 2.75) is 57.4 Å². The molecule has 0 unspecified atom stereocenters. The topological polar surface area (TPSA) is 85.1 Å². The Labute approximate surface area is 159 Å². The zero-order valence-electron chi connectivity index (χ0n) is 15.7. The van der Waals surface area contributed by atoms with Gasteiger partial charge in [-0.05, 0) is 63.4 Å². The van der Waals surface area contributed by atoms with Gasteiger partial charge in [0.25, 0.3) is 0 Å². The fourth-order valence-electron chi connectivity index (χ4n) is 3.89. The molecule has 4 rings (SSSR count). The van der Waals surface area contributed by atoms with Crippen LogP contribution in [0, 0.1) is 20.8 Å². The lowest BCUT2D eigenvalue weighted by atomic mass is 10.0. The molecule has 0 bridgehead atoms. The van der Waals surface area contributed by atoms with Gasteiger partial charge in [0.1, 0.15) is 5.76 Å². The molecular weight excluding hydrogens is 362 g/mol. The highest BCUT2D eigenvalue weighted by atomic mass is 32.2. The zero-order chi connectivity index (χ0) is 19.2. The summed E-state index contributed by atoms with van der Waals surface area (Å²) in [5.74, 6) is 0.659. The SMILES string of the molecule is Cc1ccc2c(S(=O)(=O)NC3CCCC3)cc(-c3c(C)noc3C)cc2n1. The summed E-state index contributed by atoms with van der Waals surface area (Å²) in [5, 5.41) is 4.63. The molecule has 6 nitrogen and oxygen atoms in total. The van der Waals surface area contributed by atoms with E-state index in [1.54, 1.807) is 6.07 Å². The lowest BCUT2D eigenvalue weighted by Crippen LogP contribution is -2.32. The molecule has 142 valence electrons. The summed E-state index contributed by atoms with van der Waals surface area (Å²) in [5.41, 5.74) is 3.79. The van der Waals surface area contributed by atoms with Crippen LogP contribution in [0.5, 0.6) is 0 Å². The lowest BCUT2D eigenvalue weighted by Gasteiger charge is -2.15. The van der Waals surface area contributed by atoms with Crippen LogP contribution in [0.4, 0.5) is 0 Å². The highest BCUT2D eigenvalue weighted by Gasteiger charge is 2.26. The molecule has 0 atom stereocenters. The fourth-order valence-corrected chi connectivity index (χ4v) is 5.44. The van der Waals surface area contributed by atoms with Gasteiger partial charge in [-0.2, -0.15) is 0 Å². The molecule has 0 amide bonds. The number of nitrogens with zero attached hydrogens (tertiary/aromatic N) is 2. The van der Waals surface area contributed by atoms with Crippen LogP contribution in [0.25, 0.3) is 22.0 Å². The van der Waals surface area contributed by atoms with Crippen LogP contribution in [0.3, 0.4) is 0 Å². The fraction of sp³-hybridized carbons (Fsp3) is 0.400. The molecule has 0 spiro atoms. The van der Waals surface area contributed by atoms with Gasteiger partial charge in [-0.1, -0.05) is 18.0 Å². The summed E-state index contributed by atoms with van der Waals surface area (Å²) < 4.78 is 34.6. The van der Waals surface area contributed by atoms with Crippen molar-refractivity contribution < 1.29 is 12.9 Å². The molecule has 3 aromatic rings. The molecule has 1 saturated carbocycles. The van der Waals surface area contributed by atoms with E-state index < -0.39 is 10.0 Å². The van der Waals surface area contributed by atoms with E-state index in [2.05, 4.69) is 14.9 Å². The number of hydrogen-bond donors (Lipinski definition) is 1. The van der Waals surface area contributed by atoms with Crippen LogP contribution in [0.2, 0.25) is 0 Å². The van der Waals surface area contributed by atoms with Crippen LogP contribution in [-0.2, 0) is 10.0 Å². The standard InChI is InChI=1S/C20H23N3O3S/c1-12-8-9-17-18(21-12)10-15(20-13(2)22-26-14(20)3)11-19(17)27(24,25)23-16-6-4-5-7-16/h8-11,16,23H,4-7H2,1-3H3. The second-order valence-electron chi connectivity index (χ2n) is 7.30. The van der Waals surface area contributed by atoms with Crippen LogP contribution in [-0.4, -0.2) is 24.6 Å². The highest BCUT2D eigenvalue weighted by Crippen LogP contribution is 2.33. The number of pyridine rings is 1. The molecular formula is C20H23N3O3S. The van der Waals surface area contributed by atoms with Gasteiger partial charge in [0, 0.05) is 22.7 Å². The van der Waals surface area contributed by atoms with Crippen molar-refractivity contribution in [3.63, 3.8) is 0 Å². The molecule has 0 radical (unpaired) electrons. The molecule has 1 aliphatic carbocycles. The molecule has 27 heavy (non-hydrogen) atoms. The third-order valence-electron chi connectivity index (χ3n) is 5.20. The number of rotatable bonds is 4. The van der Waals surface area contributed by atoms with E-state index in [-0.39, 0.29) is 10.9 Å². The first-order valence-electron chi connectivity index (χ1n) is 9.22. The Bertz CT molecular complexity index is 1090. The van der Waals surface area contributed by atoms with Gasteiger partial charge in [0.15, 0.2) is 0 Å². The minimum atomic E-state index is -3.66. The number of sulfonamides is 1. The van der Waals surface area contributed by atoms with Gasteiger partial charge >= 0.3 is 0 Å². The maximum atomic E-state index is 13.2. The largest absolute Gasteiger partial charge is 0.361 e. The normalized spacial score (nSPS) is 15.7. The average Bonchev–Trinajstić information content (AvgIpc) is 3.22. The Morgan fingerprint density at radius 3 is 2.52 bits per heavy atom. The first kappa shape index (κ1) is 18.1.